The van der Waals surface area contributed by atoms with Crippen LogP contribution in [0.3, 0.4) is 0 Å². The molecule has 16 heavy (non-hydrogen) atoms. The van der Waals surface area contributed by atoms with Crippen LogP contribution in [0.4, 0.5) is 0 Å². The van der Waals surface area contributed by atoms with Gasteiger partial charge in [-0.1, -0.05) is 11.6 Å². The van der Waals surface area contributed by atoms with Gasteiger partial charge >= 0.3 is 8.25 Å². The molecule has 0 heterocycles. The molecule has 0 aliphatic rings. The highest BCUT2D eigenvalue weighted by atomic mass is 35.5. The van der Waals surface area contributed by atoms with Gasteiger partial charge in [0.25, 0.3) is 0 Å². The Morgan fingerprint density at radius 1 is 1.56 bits per heavy atom. The summed E-state index contributed by atoms with van der Waals surface area (Å²) in [7, 11) is -1.62. The number of carbonyl (C=O) groups excluding carboxylic acids is 1. The second-order valence-electron chi connectivity index (χ2n) is 2.82. The van der Waals surface area contributed by atoms with Crippen molar-refractivity contribution in [3.05, 3.63) is 28.8 Å². The van der Waals surface area contributed by atoms with Crippen LogP contribution in [0.1, 0.15) is 10.4 Å². The topological polar surface area (TPSA) is 72.8 Å². The van der Waals surface area contributed by atoms with Gasteiger partial charge in [0.05, 0.1) is 12.1 Å². The van der Waals surface area contributed by atoms with Crippen LogP contribution in [0.2, 0.25) is 5.02 Å². The molecule has 1 unspecified atom stereocenters. The molecule has 0 saturated heterocycles. The standard InChI is InChI=1S/C9H10ClO5P/c1-14-6-2-3-7(8(10)4-6)9(11)5-15-16(12)13/h2-4,16H,5H2,1H3,(H,12,13). The van der Waals surface area contributed by atoms with Crippen LogP contribution in [0, 0.1) is 0 Å². The number of ketones is 1. The van der Waals surface area contributed by atoms with Crippen molar-refractivity contribution in [2.24, 2.45) is 0 Å². The Morgan fingerprint density at radius 3 is 2.75 bits per heavy atom. The van der Waals surface area contributed by atoms with E-state index < -0.39 is 20.6 Å². The summed E-state index contributed by atoms with van der Waals surface area (Å²) in [6.45, 7) is -0.472. The molecule has 7 heteroatoms. The van der Waals surface area contributed by atoms with Gasteiger partial charge in [0.1, 0.15) is 12.4 Å². The van der Waals surface area contributed by atoms with Crippen molar-refractivity contribution >= 4 is 25.6 Å². The second kappa shape index (κ2) is 6.01. The van der Waals surface area contributed by atoms with Gasteiger partial charge in [0, 0.05) is 5.56 Å². The van der Waals surface area contributed by atoms with Gasteiger partial charge in [0.2, 0.25) is 0 Å². The van der Waals surface area contributed by atoms with E-state index in [0.717, 1.165) is 0 Å². The average Bonchev–Trinajstić information content (AvgIpc) is 2.25. The first kappa shape index (κ1) is 13.2. The maximum absolute atomic E-state index is 11.5. The predicted octanol–water partition coefficient (Wildman–Crippen LogP) is 1.93. The molecule has 1 aromatic carbocycles. The maximum Gasteiger partial charge on any atom is 0.317 e. The van der Waals surface area contributed by atoms with Crippen LogP contribution in [0.15, 0.2) is 18.2 Å². The number of ether oxygens (including phenoxy) is 1. The van der Waals surface area contributed by atoms with E-state index in [9.17, 15) is 9.36 Å². The number of halogens is 1. The monoisotopic (exact) mass is 264 g/mol. The first-order valence-corrected chi connectivity index (χ1v) is 5.91. The largest absolute Gasteiger partial charge is 0.497 e. The quantitative estimate of drug-likeness (QED) is 0.650. The molecule has 1 N–H and O–H groups in total. The van der Waals surface area contributed by atoms with Crippen LogP contribution < -0.4 is 4.74 Å². The number of hydrogen-bond donors (Lipinski definition) is 1. The molecule has 1 atom stereocenters. The van der Waals surface area contributed by atoms with E-state index in [-0.39, 0.29) is 10.6 Å². The van der Waals surface area contributed by atoms with Crippen molar-refractivity contribution < 1.29 is 23.5 Å². The van der Waals surface area contributed by atoms with Crippen molar-refractivity contribution in [2.75, 3.05) is 13.7 Å². The first-order valence-electron chi connectivity index (χ1n) is 4.27. The van der Waals surface area contributed by atoms with Gasteiger partial charge in [-0.15, -0.1) is 0 Å². The minimum absolute atomic E-state index is 0.213. The lowest BCUT2D eigenvalue weighted by Crippen LogP contribution is -2.06. The normalized spacial score (nSPS) is 12.2. The van der Waals surface area contributed by atoms with E-state index in [1.165, 1.54) is 19.2 Å². The molecule has 0 amide bonds. The Labute approximate surface area is 97.9 Å². The summed E-state index contributed by atoms with van der Waals surface area (Å²) in [5.74, 6) is 0.0678. The molecule has 0 aromatic heterocycles. The van der Waals surface area contributed by atoms with Crippen LogP contribution in [-0.2, 0) is 9.09 Å². The number of rotatable bonds is 5. The molecule has 0 fully saturated rings. The van der Waals surface area contributed by atoms with E-state index in [1.807, 2.05) is 0 Å². The van der Waals surface area contributed by atoms with E-state index in [2.05, 4.69) is 4.52 Å². The molecule has 0 bridgehead atoms. The highest BCUT2D eigenvalue weighted by Crippen LogP contribution is 2.24. The van der Waals surface area contributed by atoms with Crippen molar-refractivity contribution in [3.8, 4) is 5.75 Å². The molecular formula is C9H10ClO5P. The molecule has 0 aliphatic heterocycles. The number of benzene rings is 1. The van der Waals surface area contributed by atoms with Gasteiger partial charge in [-0.3, -0.25) is 9.36 Å². The smallest absolute Gasteiger partial charge is 0.317 e. The Kier molecular flexibility index (Phi) is 4.96. The van der Waals surface area contributed by atoms with Crippen molar-refractivity contribution in [1.82, 2.24) is 0 Å². The zero-order chi connectivity index (χ0) is 12.1. The molecule has 5 nitrogen and oxygen atoms in total. The van der Waals surface area contributed by atoms with Crippen LogP contribution in [-0.4, -0.2) is 24.4 Å². The van der Waals surface area contributed by atoms with Crippen LogP contribution >= 0.6 is 19.9 Å². The third-order valence-corrected chi connectivity index (χ3v) is 2.51. The summed E-state index contributed by atoms with van der Waals surface area (Å²) in [6, 6.07) is 4.53. The SMILES string of the molecule is COc1ccc(C(=O)CO[PH](=O)O)c(Cl)c1. The molecular weight excluding hydrogens is 255 g/mol. The number of methoxy groups -OCH3 is 1. The van der Waals surface area contributed by atoms with E-state index >= 15 is 0 Å². The van der Waals surface area contributed by atoms with Crippen LogP contribution in [0.25, 0.3) is 0 Å². The fourth-order valence-corrected chi connectivity index (χ4v) is 1.58. The third kappa shape index (κ3) is 3.61. The Bertz CT molecular complexity index is 420. The summed E-state index contributed by atoms with van der Waals surface area (Å²) in [5.41, 5.74) is 0.228. The highest BCUT2D eigenvalue weighted by molar-refractivity contribution is 7.32. The predicted molar refractivity (Wildman–Crippen MR) is 59.5 cm³/mol. The molecule has 1 rings (SSSR count). The summed E-state index contributed by atoms with van der Waals surface area (Å²) >= 11 is 5.83. The Morgan fingerprint density at radius 2 is 2.25 bits per heavy atom. The summed E-state index contributed by atoms with van der Waals surface area (Å²) < 4.78 is 19.5. The van der Waals surface area contributed by atoms with E-state index in [4.69, 9.17) is 21.2 Å². The molecule has 0 spiro atoms. The Hall–Kier alpha value is -0.870. The van der Waals surface area contributed by atoms with Gasteiger partial charge in [-0.05, 0) is 18.2 Å². The maximum atomic E-state index is 11.5. The molecule has 0 saturated carbocycles. The molecule has 0 aliphatic carbocycles. The lowest BCUT2D eigenvalue weighted by Gasteiger charge is -2.05. The fourth-order valence-electron chi connectivity index (χ4n) is 1.05. The van der Waals surface area contributed by atoms with Crippen molar-refractivity contribution in [2.45, 2.75) is 0 Å². The highest BCUT2D eigenvalue weighted by Gasteiger charge is 2.12. The zero-order valence-corrected chi connectivity index (χ0v) is 10.2. The summed E-state index contributed by atoms with van der Waals surface area (Å²) in [5, 5.41) is 0.213. The van der Waals surface area contributed by atoms with Gasteiger partial charge in [-0.25, -0.2) is 0 Å². The van der Waals surface area contributed by atoms with Gasteiger partial charge in [0.15, 0.2) is 5.78 Å². The first-order chi connectivity index (χ1) is 7.54. The van der Waals surface area contributed by atoms with E-state index in [1.54, 1.807) is 6.07 Å². The number of Topliss-reactive ketones (excluding diaryl/α,β-unsaturated/α-hetero) is 1. The summed E-state index contributed by atoms with van der Waals surface area (Å²) in [4.78, 5) is 19.9. The molecule has 0 radical (unpaired) electrons. The summed E-state index contributed by atoms with van der Waals surface area (Å²) in [6.07, 6.45) is 0. The van der Waals surface area contributed by atoms with Crippen molar-refractivity contribution in [1.29, 1.82) is 0 Å². The minimum atomic E-state index is -3.10. The van der Waals surface area contributed by atoms with Gasteiger partial charge < -0.3 is 14.2 Å². The minimum Gasteiger partial charge on any atom is -0.497 e. The number of hydrogen-bond acceptors (Lipinski definition) is 4. The molecule has 88 valence electrons. The lowest BCUT2D eigenvalue weighted by molar-refractivity contribution is 0.0917. The van der Waals surface area contributed by atoms with E-state index in [0.29, 0.717) is 5.75 Å². The number of carbonyl (C=O) groups is 1. The van der Waals surface area contributed by atoms with Gasteiger partial charge in [-0.2, -0.15) is 0 Å². The lowest BCUT2D eigenvalue weighted by atomic mass is 10.1. The fraction of sp³-hybridized carbons (Fsp3) is 0.222. The van der Waals surface area contributed by atoms with Crippen molar-refractivity contribution in [3.63, 3.8) is 0 Å². The third-order valence-electron chi connectivity index (χ3n) is 1.80. The zero-order valence-electron chi connectivity index (χ0n) is 8.40. The Balaban J connectivity index is 2.79. The second-order valence-corrected chi connectivity index (χ2v) is 4.05. The van der Waals surface area contributed by atoms with Crippen LogP contribution in [0.5, 0.6) is 5.75 Å². The average molecular weight is 265 g/mol. The molecule has 1 aromatic rings.